The molecule has 2 N–H and O–H groups in total. The number of nitrogens with zero attached hydrogens (tertiary/aromatic N) is 1. The standard InChI is InChI=1S/C19H20N2O5/c22-15-11-21(10-14(16(15)23)17(24)25)12-19(8-4-5-9-19)18(26)20-13-6-2-1-3-7-13/h1-3,6-7,10H,4-5,8-9,11-12H2,(H,20,26)(H,24,25). The number of ketones is 2. The highest BCUT2D eigenvalue weighted by Gasteiger charge is 2.44. The van der Waals surface area contributed by atoms with Crippen LogP contribution in [0, 0.1) is 5.41 Å². The Hall–Kier alpha value is -2.96. The quantitative estimate of drug-likeness (QED) is 0.614. The van der Waals surface area contributed by atoms with Gasteiger partial charge in [0, 0.05) is 18.4 Å². The molecule has 136 valence electrons. The third-order valence-electron chi connectivity index (χ3n) is 4.97. The molecule has 0 aromatic heterocycles. The van der Waals surface area contributed by atoms with Gasteiger partial charge < -0.3 is 15.3 Å². The van der Waals surface area contributed by atoms with Gasteiger partial charge in [-0.3, -0.25) is 14.4 Å². The molecule has 7 nitrogen and oxygen atoms in total. The fourth-order valence-corrected chi connectivity index (χ4v) is 3.63. The van der Waals surface area contributed by atoms with Gasteiger partial charge in [0.15, 0.2) is 0 Å². The van der Waals surface area contributed by atoms with Crippen LogP contribution in [0.1, 0.15) is 25.7 Å². The van der Waals surface area contributed by atoms with Crippen LogP contribution >= 0.6 is 0 Å². The molecule has 3 rings (SSSR count). The lowest BCUT2D eigenvalue weighted by atomic mass is 9.83. The van der Waals surface area contributed by atoms with Crippen LogP contribution in [-0.2, 0) is 19.2 Å². The number of rotatable bonds is 5. The molecule has 0 spiro atoms. The predicted molar refractivity (Wildman–Crippen MR) is 93.3 cm³/mol. The first-order chi connectivity index (χ1) is 12.4. The average molecular weight is 356 g/mol. The van der Waals surface area contributed by atoms with Crippen LogP contribution in [0.15, 0.2) is 42.1 Å². The van der Waals surface area contributed by atoms with Gasteiger partial charge in [-0.05, 0) is 25.0 Å². The molecule has 1 aliphatic carbocycles. The number of anilines is 1. The van der Waals surface area contributed by atoms with Crippen LogP contribution in [0.3, 0.4) is 0 Å². The SMILES string of the molecule is O=C(O)C1=CN(CC2(C(=O)Nc3ccccc3)CCCC2)CC(=O)C1=O. The molecular weight excluding hydrogens is 336 g/mol. The van der Waals surface area contributed by atoms with Gasteiger partial charge in [-0.15, -0.1) is 0 Å². The molecule has 7 heteroatoms. The molecule has 0 radical (unpaired) electrons. The number of nitrogens with one attached hydrogen (secondary N) is 1. The minimum absolute atomic E-state index is 0.143. The summed E-state index contributed by atoms with van der Waals surface area (Å²) in [7, 11) is 0. The van der Waals surface area contributed by atoms with Crippen molar-refractivity contribution in [3.8, 4) is 0 Å². The lowest BCUT2D eigenvalue weighted by Crippen LogP contribution is -2.47. The number of carboxylic acid groups (broad SMARTS) is 1. The first kappa shape index (κ1) is 17.8. The second-order valence-electron chi connectivity index (χ2n) is 6.81. The zero-order chi connectivity index (χ0) is 18.7. The van der Waals surface area contributed by atoms with Crippen LogP contribution in [0.25, 0.3) is 0 Å². The molecule has 1 saturated carbocycles. The smallest absolute Gasteiger partial charge is 0.341 e. The Kier molecular flexibility index (Phi) is 4.88. The highest BCUT2D eigenvalue weighted by molar-refractivity contribution is 6.50. The number of carbonyl (C=O) groups excluding carboxylic acids is 3. The largest absolute Gasteiger partial charge is 0.477 e. The molecule has 1 aliphatic heterocycles. The topological polar surface area (TPSA) is 104 Å². The molecule has 0 bridgehead atoms. The fraction of sp³-hybridized carbons (Fsp3) is 0.368. The average Bonchev–Trinajstić information content (AvgIpc) is 3.08. The van der Waals surface area contributed by atoms with E-state index < -0.39 is 28.5 Å². The van der Waals surface area contributed by atoms with Crippen molar-refractivity contribution in [1.82, 2.24) is 4.90 Å². The summed E-state index contributed by atoms with van der Waals surface area (Å²) in [5, 5.41) is 12.0. The normalized spacial score (nSPS) is 19.2. The Balaban J connectivity index is 1.82. The highest BCUT2D eigenvalue weighted by atomic mass is 16.4. The second kappa shape index (κ2) is 7.11. The van der Waals surface area contributed by atoms with Gasteiger partial charge in [0.2, 0.25) is 17.5 Å². The molecular formula is C19H20N2O5. The van der Waals surface area contributed by atoms with E-state index in [0.717, 1.165) is 12.8 Å². The number of hydrogen-bond acceptors (Lipinski definition) is 5. The first-order valence-electron chi connectivity index (χ1n) is 8.54. The van der Waals surface area contributed by atoms with Crippen LogP contribution in [-0.4, -0.2) is 46.5 Å². The minimum atomic E-state index is -1.43. The molecule has 0 unspecified atom stereocenters. The molecule has 26 heavy (non-hydrogen) atoms. The number of carboxylic acids is 1. The number of para-hydroxylation sites is 1. The van der Waals surface area contributed by atoms with Crippen molar-refractivity contribution in [3.63, 3.8) is 0 Å². The Morgan fingerprint density at radius 1 is 1.12 bits per heavy atom. The van der Waals surface area contributed by atoms with Gasteiger partial charge in [-0.1, -0.05) is 31.0 Å². The Bertz CT molecular complexity index is 778. The van der Waals surface area contributed by atoms with E-state index in [-0.39, 0.29) is 19.0 Å². The molecule has 0 saturated heterocycles. The van der Waals surface area contributed by atoms with E-state index >= 15 is 0 Å². The predicted octanol–water partition coefficient (Wildman–Crippen LogP) is 1.61. The van der Waals surface area contributed by atoms with E-state index in [4.69, 9.17) is 5.11 Å². The van der Waals surface area contributed by atoms with Crippen molar-refractivity contribution in [2.45, 2.75) is 25.7 Å². The number of Topliss-reactive ketones (excluding diaryl/α,β-unsaturated/α-hetero) is 2. The van der Waals surface area contributed by atoms with E-state index in [0.29, 0.717) is 18.5 Å². The number of amides is 1. The number of aliphatic carboxylic acids is 1. The summed E-state index contributed by atoms with van der Waals surface area (Å²) in [6, 6.07) is 9.11. The maximum absolute atomic E-state index is 12.9. The van der Waals surface area contributed by atoms with Crippen LogP contribution in [0.5, 0.6) is 0 Å². The van der Waals surface area contributed by atoms with Crippen molar-refractivity contribution in [2.75, 3.05) is 18.4 Å². The van der Waals surface area contributed by atoms with Crippen LogP contribution in [0.2, 0.25) is 0 Å². The zero-order valence-electron chi connectivity index (χ0n) is 14.2. The van der Waals surface area contributed by atoms with E-state index in [2.05, 4.69) is 5.32 Å². The van der Waals surface area contributed by atoms with E-state index in [9.17, 15) is 19.2 Å². The fourth-order valence-electron chi connectivity index (χ4n) is 3.63. The Morgan fingerprint density at radius 2 is 1.77 bits per heavy atom. The van der Waals surface area contributed by atoms with Crippen molar-refractivity contribution < 1.29 is 24.3 Å². The lowest BCUT2D eigenvalue weighted by Gasteiger charge is -2.34. The zero-order valence-corrected chi connectivity index (χ0v) is 14.2. The van der Waals surface area contributed by atoms with Gasteiger partial charge >= 0.3 is 5.97 Å². The first-order valence-corrected chi connectivity index (χ1v) is 8.54. The van der Waals surface area contributed by atoms with Crippen LogP contribution in [0.4, 0.5) is 5.69 Å². The van der Waals surface area contributed by atoms with Gasteiger partial charge in [0.25, 0.3) is 0 Å². The maximum atomic E-state index is 12.9. The number of hydrogen-bond donors (Lipinski definition) is 2. The molecule has 0 atom stereocenters. The third-order valence-corrected chi connectivity index (χ3v) is 4.97. The third kappa shape index (κ3) is 3.51. The molecule has 1 amide bonds. The highest BCUT2D eigenvalue weighted by Crippen LogP contribution is 2.40. The van der Waals surface area contributed by atoms with Gasteiger partial charge in [-0.25, -0.2) is 4.79 Å². The van der Waals surface area contributed by atoms with Crippen molar-refractivity contribution >= 4 is 29.1 Å². The molecule has 1 fully saturated rings. The summed E-state index contributed by atoms with van der Waals surface area (Å²) in [5.41, 5.74) is -0.565. The lowest BCUT2D eigenvalue weighted by molar-refractivity contribution is -0.141. The van der Waals surface area contributed by atoms with Crippen molar-refractivity contribution in [3.05, 3.63) is 42.1 Å². The Morgan fingerprint density at radius 3 is 2.38 bits per heavy atom. The minimum Gasteiger partial charge on any atom is -0.477 e. The van der Waals surface area contributed by atoms with E-state index in [1.807, 2.05) is 18.2 Å². The van der Waals surface area contributed by atoms with E-state index in [1.165, 1.54) is 11.1 Å². The Labute approximate surface area is 150 Å². The molecule has 2 aliphatic rings. The summed E-state index contributed by atoms with van der Waals surface area (Å²) in [6.07, 6.45) is 4.28. The van der Waals surface area contributed by atoms with Gasteiger partial charge in [0.1, 0.15) is 5.57 Å². The number of benzene rings is 1. The monoisotopic (exact) mass is 356 g/mol. The summed E-state index contributed by atoms with van der Waals surface area (Å²) in [5.74, 6) is -3.32. The molecule has 1 heterocycles. The van der Waals surface area contributed by atoms with E-state index in [1.54, 1.807) is 12.1 Å². The van der Waals surface area contributed by atoms with Crippen molar-refractivity contribution in [1.29, 1.82) is 0 Å². The summed E-state index contributed by atoms with van der Waals surface area (Å²) < 4.78 is 0. The molecule has 1 aromatic rings. The van der Waals surface area contributed by atoms with Crippen molar-refractivity contribution in [2.24, 2.45) is 5.41 Å². The number of carbonyl (C=O) groups is 4. The molecule has 1 aromatic carbocycles. The van der Waals surface area contributed by atoms with Gasteiger partial charge in [-0.2, -0.15) is 0 Å². The summed E-state index contributed by atoms with van der Waals surface area (Å²) >= 11 is 0. The summed E-state index contributed by atoms with van der Waals surface area (Å²) in [6.45, 7) is 0.0114. The maximum Gasteiger partial charge on any atom is 0.341 e. The van der Waals surface area contributed by atoms with Gasteiger partial charge in [0.05, 0.1) is 12.0 Å². The summed E-state index contributed by atoms with van der Waals surface area (Å²) in [4.78, 5) is 49.2. The van der Waals surface area contributed by atoms with Crippen LogP contribution < -0.4 is 5.32 Å². The second-order valence-corrected chi connectivity index (χ2v) is 6.81.